The Kier molecular flexibility index (Phi) is 5.77. The fraction of sp³-hybridized carbons (Fsp3) is 0.529. The zero-order chi connectivity index (χ0) is 15.1. The molecule has 4 heteroatoms. The molecular formula is C17H22N2O2. The first-order valence-electron chi connectivity index (χ1n) is 7.59. The summed E-state index contributed by atoms with van der Waals surface area (Å²) in [4.78, 5) is 12.4. The first kappa shape index (κ1) is 15.5. The summed E-state index contributed by atoms with van der Waals surface area (Å²) in [6.45, 7) is 3.68. The van der Waals surface area contributed by atoms with Gasteiger partial charge in [0.15, 0.2) is 0 Å². The number of rotatable bonds is 5. The molecule has 1 fully saturated rings. The van der Waals surface area contributed by atoms with Gasteiger partial charge in [0.25, 0.3) is 5.91 Å². The maximum Gasteiger partial charge on any atom is 0.251 e. The van der Waals surface area contributed by atoms with Gasteiger partial charge in [-0.2, -0.15) is 5.26 Å². The number of carbonyl (C=O) groups is 1. The predicted octanol–water partition coefficient (Wildman–Crippen LogP) is 2.69. The highest BCUT2D eigenvalue weighted by atomic mass is 16.5. The second kappa shape index (κ2) is 7.80. The number of carbonyl (C=O) groups excluding carboxylic acids is 1. The Morgan fingerprint density at radius 1 is 1.48 bits per heavy atom. The van der Waals surface area contributed by atoms with E-state index in [1.165, 1.54) is 0 Å². The average molecular weight is 286 g/mol. The minimum absolute atomic E-state index is 0.0480. The Labute approximate surface area is 126 Å². The van der Waals surface area contributed by atoms with Gasteiger partial charge in [0.2, 0.25) is 0 Å². The molecule has 1 aromatic carbocycles. The lowest BCUT2D eigenvalue weighted by atomic mass is 9.90. The van der Waals surface area contributed by atoms with Crippen molar-refractivity contribution >= 4 is 5.91 Å². The molecule has 1 aromatic rings. The van der Waals surface area contributed by atoms with Crippen LogP contribution in [0.4, 0.5) is 0 Å². The molecule has 112 valence electrons. The highest BCUT2D eigenvalue weighted by Crippen LogP contribution is 2.21. The molecule has 1 aliphatic heterocycles. The number of benzene rings is 1. The second-order valence-corrected chi connectivity index (χ2v) is 5.47. The van der Waals surface area contributed by atoms with Gasteiger partial charge >= 0.3 is 0 Å². The van der Waals surface area contributed by atoms with E-state index >= 15 is 0 Å². The molecule has 0 spiro atoms. The van der Waals surface area contributed by atoms with Crippen LogP contribution in [-0.2, 0) is 11.2 Å². The maximum absolute atomic E-state index is 12.4. The van der Waals surface area contributed by atoms with Gasteiger partial charge in [0.05, 0.1) is 12.5 Å². The minimum atomic E-state index is -0.0480. The number of ether oxygens (including phenoxy) is 1. The van der Waals surface area contributed by atoms with Crippen molar-refractivity contribution in [1.29, 1.82) is 5.26 Å². The van der Waals surface area contributed by atoms with E-state index in [9.17, 15) is 4.79 Å². The summed E-state index contributed by atoms with van der Waals surface area (Å²) in [7, 11) is 0. The first-order valence-corrected chi connectivity index (χ1v) is 7.59. The normalized spacial score (nSPS) is 17.0. The van der Waals surface area contributed by atoms with Gasteiger partial charge in [-0.3, -0.25) is 4.79 Å². The van der Waals surface area contributed by atoms with Gasteiger partial charge in [-0.25, -0.2) is 0 Å². The summed E-state index contributed by atoms with van der Waals surface area (Å²) in [5.41, 5.74) is 1.51. The summed E-state index contributed by atoms with van der Waals surface area (Å²) in [5.74, 6) is 0.447. The van der Waals surface area contributed by atoms with Crippen LogP contribution in [0.2, 0.25) is 0 Å². The zero-order valence-electron chi connectivity index (χ0n) is 12.5. The molecule has 4 nitrogen and oxygen atoms in total. The van der Waals surface area contributed by atoms with Crippen molar-refractivity contribution in [1.82, 2.24) is 5.32 Å². The minimum Gasteiger partial charge on any atom is -0.381 e. The quantitative estimate of drug-likeness (QED) is 0.905. The van der Waals surface area contributed by atoms with E-state index in [-0.39, 0.29) is 11.9 Å². The summed E-state index contributed by atoms with van der Waals surface area (Å²) in [6, 6.07) is 9.60. The fourth-order valence-corrected chi connectivity index (χ4v) is 2.84. The molecule has 1 N–H and O–H groups in total. The lowest BCUT2D eigenvalue weighted by molar-refractivity contribution is 0.0510. The molecule has 0 aliphatic carbocycles. The Hall–Kier alpha value is -1.86. The van der Waals surface area contributed by atoms with E-state index in [1.807, 2.05) is 12.1 Å². The Balaban J connectivity index is 2.01. The van der Waals surface area contributed by atoms with Crippen molar-refractivity contribution in [2.75, 3.05) is 13.2 Å². The predicted molar refractivity (Wildman–Crippen MR) is 80.8 cm³/mol. The third-order valence-corrected chi connectivity index (χ3v) is 4.06. The van der Waals surface area contributed by atoms with Crippen LogP contribution >= 0.6 is 0 Å². The SMILES string of the molecule is CCC(NC(=O)c1cccc(CC#N)c1)C1CCOCC1. The summed E-state index contributed by atoms with van der Waals surface area (Å²) >= 11 is 0. The van der Waals surface area contributed by atoms with Crippen LogP contribution in [0, 0.1) is 17.2 Å². The first-order chi connectivity index (χ1) is 10.2. The molecule has 0 aromatic heterocycles. The molecule has 1 amide bonds. The van der Waals surface area contributed by atoms with Crippen molar-refractivity contribution in [3.8, 4) is 6.07 Å². The van der Waals surface area contributed by atoms with Crippen molar-refractivity contribution in [3.63, 3.8) is 0 Å². The van der Waals surface area contributed by atoms with Crippen molar-refractivity contribution < 1.29 is 9.53 Å². The molecule has 0 radical (unpaired) electrons. The van der Waals surface area contributed by atoms with Gasteiger partial charge in [0, 0.05) is 24.8 Å². The highest BCUT2D eigenvalue weighted by Gasteiger charge is 2.24. The Morgan fingerprint density at radius 2 is 2.24 bits per heavy atom. The smallest absolute Gasteiger partial charge is 0.251 e. The number of hydrogen-bond donors (Lipinski definition) is 1. The number of hydrogen-bond acceptors (Lipinski definition) is 3. The standard InChI is InChI=1S/C17H22N2O2/c1-2-16(14-7-10-21-11-8-14)19-17(20)15-5-3-4-13(12-15)6-9-18/h3-5,12,14,16H,2,6-8,10-11H2,1H3,(H,19,20). The molecule has 1 atom stereocenters. The topological polar surface area (TPSA) is 62.1 Å². The number of nitriles is 1. The van der Waals surface area contributed by atoms with Gasteiger partial charge in [-0.1, -0.05) is 19.1 Å². The Bertz CT molecular complexity index is 516. The lowest BCUT2D eigenvalue weighted by Crippen LogP contribution is -2.42. The third kappa shape index (κ3) is 4.30. The van der Waals surface area contributed by atoms with E-state index in [4.69, 9.17) is 10.00 Å². The van der Waals surface area contributed by atoms with Gasteiger partial charge in [-0.15, -0.1) is 0 Å². The van der Waals surface area contributed by atoms with Crippen LogP contribution in [0.5, 0.6) is 0 Å². The summed E-state index contributed by atoms with van der Waals surface area (Å²) in [6.07, 6.45) is 3.27. The fourth-order valence-electron chi connectivity index (χ4n) is 2.84. The zero-order valence-corrected chi connectivity index (χ0v) is 12.5. The lowest BCUT2D eigenvalue weighted by Gasteiger charge is -2.30. The van der Waals surface area contributed by atoms with Crippen LogP contribution in [0.1, 0.15) is 42.1 Å². The summed E-state index contributed by atoms with van der Waals surface area (Å²) in [5, 5.41) is 11.9. The highest BCUT2D eigenvalue weighted by molar-refractivity contribution is 5.94. The van der Waals surface area contributed by atoms with Crippen LogP contribution in [0.3, 0.4) is 0 Å². The monoisotopic (exact) mass is 286 g/mol. The molecule has 0 saturated carbocycles. The van der Waals surface area contributed by atoms with E-state index in [0.717, 1.165) is 38.0 Å². The van der Waals surface area contributed by atoms with Crippen molar-refractivity contribution in [2.24, 2.45) is 5.92 Å². The van der Waals surface area contributed by atoms with Gasteiger partial charge in [0.1, 0.15) is 0 Å². The molecule has 1 saturated heterocycles. The van der Waals surface area contributed by atoms with Crippen LogP contribution < -0.4 is 5.32 Å². The van der Waals surface area contributed by atoms with E-state index < -0.39 is 0 Å². The molecule has 1 unspecified atom stereocenters. The number of nitrogens with one attached hydrogen (secondary N) is 1. The van der Waals surface area contributed by atoms with E-state index in [0.29, 0.717) is 17.9 Å². The Morgan fingerprint density at radius 3 is 2.90 bits per heavy atom. The molecule has 1 heterocycles. The molecule has 0 bridgehead atoms. The van der Waals surface area contributed by atoms with Crippen LogP contribution in [0.15, 0.2) is 24.3 Å². The largest absolute Gasteiger partial charge is 0.381 e. The summed E-state index contributed by atoms with van der Waals surface area (Å²) < 4.78 is 5.38. The maximum atomic E-state index is 12.4. The van der Waals surface area contributed by atoms with Crippen molar-refractivity contribution in [3.05, 3.63) is 35.4 Å². The van der Waals surface area contributed by atoms with E-state index in [2.05, 4.69) is 18.3 Å². The number of amides is 1. The van der Waals surface area contributed by atoms with Gasteiger partial charge in [-0.05, 0) is 42.9 Å². The number of nitrogens with zero attached hydrogens (tertiary/aromatic N) is 1. The van der Waals surface area contributed by atoms with Crippen molar-refractivity contribution in [2.45, 2.75) is 38.6 Å². The molecule has 21 heavy (non-hydrogen) atoms. The average Bonchev–Trinajstić information content (AvgIpc) is 2.54. The van der Waals surface area contributed by atoms with Gasteiger partial charge < -0.3 is 10.1 Å². The van der Waals surface area contributed by atoms with E-state index in [1.54, 1.807) is 12.1 Å². The molecule has 2 rings (SSSR count). The van der Waals surface area contributed by atoms with Crippen LogP contribution in [0.25, 0.3) is 0 Å². The molecule has 1 aliphatic rings. The third-order valence-electron chi connectivity index (χ3n) is 4.06. The molecular weight excluding hydrogens is 264 g/mol. The van der Waals surface area contributed by atoms with Crippen LogP contribution in [-0.4, -0.2) is 25.2 Å². The second-order valence-electron chi connectivity index (χ2n) is 5.47.